The Labute approximate surface area is 88.4 Å². The minimum Gasteiger partial charge on any atom is -0.479 e. The smallest absolute Gasteiger partial charge is 0.341 e. The minimum absolute atomic E-state index is 0.423. The zero-order chi connectivity index (χ0) is 12.3. The van der Waals surface area contributed by atoms with E-state index < -0.39 is 41.4 Å². The summed E-state index contributed by atoms with van der Waals surface area (Å²) in [6, 6.07) is 1.17. The third-order valence-electron chi connectivity index (χ3n) is 1.63. The van der Waals surface area contributed by atoms with Crippen molar-refractivity contribution in [1.82, 2.24) is 0 Å². The van der Waals surface area contributed by atoms with Crippen molar-refractivity contribution in [3.8, 4) is 0 Å². The van der Waals surface area contributed by atoms with E-state index in [-0.39, 0.29) is 0 Å². The number of carbonyl (C=O) groups excluding carboxylic acids is 1. The first-order valence-electron chi connectivity index (χ1n) is 4.05. The molecule has 7 heteroatoms. The molecule has 0 spiro atoms. The number of halogens is 2. The average molecular weight is 231 g/mol. The molecule has 0 aliphatic heterocycles. The van der Waals surface area contributed by atoms with Gasteiger partial charge in [-0.1, -0.05) is 0 Å². The third-order valence-corrected chi connectivity index (χ3v) is 1.63. The molecule has 0 aromatic heterocycles. The highest BCUT2D eigenvalue weighted by molar-refractivity contribution is 5.91. The van der Waals surface area contributed by atoms with Gasteiger partial charge in [-0.3, -0.25) is 0 Å². The van der Waals surface area contributed by atoms with Gasteiger partial charge >= 0.3 is 11.9 Å². The highest BCUT2D eigenvalue weighted by atomic mass is 19.1. The Morgan fingerprint density at radius 2 is 1.94 bits per heavy atom. The summed E-state index contributed by atoms with van der Waals surface area (Å²) in [4.78, 5) is 21.2. The number of anilines is 1. The molecule has 0 radical (unpaired) electrons. The van der Waals surface area contributed by atoms with Gasteiger partial charge in [0, 0.05) is 6.07 Å². The molecule has 0 aliphatic rings. The largest absolute Gasteiger partial charge is 0.479 e. The first-order valence-corrected chi connectivity index (χ1v) is 4.05. The van der Waals surface area contributed by atoms with Crippen molar-refractivity contribution >= 4 is 17.6 Å². The maximum absolute atomic E-state index is 13.1. The van der Waals surface area contributed by atoms with E-state index in [0.29, 0.717) is 6.07 Å². The van der Waals surface area contributed by atoms with Crippen LogP contribution in [0.3, 0.4) is 0 Å². The lowest BCUT2D eigenvalue weighted by Gasteiger charge is -2.04. The predicted molar refractivity (Wildman–Crippen MR) is 48.7 cm³/mol. The van der Waals surface area contributed by atoms with Crippen LogP contribution >= 0.6 is 0 Å². The van der Waals surface area contributed by atoms with Gasteiger partial charge in [-0.2, -0.15) is 0 Å². The fourth-order valence-electron chi connectivity index (χ4n) is 0.927. The van der Waals surface area contributed by atoms with Crippen LogP contribution in [0, 0.1) is 11.6 Å². The summed E-state index contributed by atoms with van der Waals surface area (Å²) in [6.07, 6.45) is 0. The van der Waals surface area contributed by atoms with Crippen LogP contribution in [-0.4, -0.2) is 23.7 Å². The fraction of sp³-hybridized carbons (Fsp3) is 0.111. The Morgan fingerprint density at radius 3 is 2.50 bits per heavy atom. The molecule has 3 N–H and O–H groups in total. The summed E-state index contributed by atoms with van der Waals surface area (Å²) in [7, 11) is 0. The van der Waals surface area contributed by atoms with Gasteiger partial charge in [0.1, 0.15) is 11.6 Å². The number of benzene rings is 1. The van der Waals surface area contributed by atoms with Crippen LogP contribution in [0.2, 0.25) is 0 Å². The first kappa shape index (κ1) is 11.9. The highest BCUT2D eigenvalue weighted by Gasteiger charge is 2.17. The number of nitrogen functional groups attached to an aromatic ring is 1. The molecule has 0 unspecified atom stereocenters. The SMILES string of the molecule is Nc1cc(C(=O)OCC(=O)O)c(F)cc1F. The third kappa shape index (κ3) is 2.66. The summed E-state index contributed by atoms with van der Waals surface area (Å²) in [5.74, 6) is -4.77. The van der Waals surface area contributed by atoms with Gasteiger partial charge in [0.05, 0.1) is 11.3 Å². The normalized spacial score (nSPS) is 9.88. The average Bonchev–Trinajstić information content (AvgIpc) is 2.20. The maximum Gasteiger partial charge on any atom is 0.341 e. The van der Waals surface area contributed by atoms with Crippen molar-refractivity contribution in [3.05, 3.63) is 29.3 Å². The molecule has 1 aromatic rings. The summed E-state index contributed by atoms with van der Waals surface area (Å²) in [6.45, 7) is -0.907. The van der Waals surface area contributed by atoms with Gasteiger partial charge in [-0.25, -0.2) is 18.4 Å². The van der Waals surface area contributed by atoms with Gasteiger partial charge in [0.25, 0.3) is 0 Å². The Hall–Kier alpha value is -2.18. The van der Waals surface area contributed by atoms with Crippen molar-refractivity contribution in [3.63, 3.8) is 0 Å². The van der Waals surface area contributed by atoms with Crippen LogP contribution < -0.4 is 5.73 Å². The van der Waals surface area contributed by atoms with E-state index in [1.807, 2.05) is 0 Å². The summed E-state index contributed by atoms with van der Waals surface area (Å²) < 4.78 is 30.0. The minimum atomic E-state index is -1.39. The topological polar surface area (TPSA) is 89.6 Å². The molecule has 1 aromatic carbocycles. The lowest BCUT2D eigenvalue weighted by atomic mass is 10.2. The molecule has 0 fully saturated rings. The Balaban J connectivity index is 2.91. The molecule has 0 atom stereocenters. The summed E-state index contributed by atoms with van der Waals surface area (Å²) in [5.41, 5.74) is 4.08. The lowest BCUT2D eigenvalue weighted by Crippen LogP contribution is -2.15. The second-order valence-corrected chi connectivity index (χ2v) is 2.82. The Kier molecular flexibility index (Phi) is 3.39. The zero-order valence-electron chi connectivity index (χ0n) is 7.87. The predicted octanol–water partition coefficient (Wildman–Crippen LogP) is 0.788. The lowest BCUT2D eigenvalue weighted by molar-refractivity contribution is -0.140. The molecule has 0 amide bonds. The van der Waals surface area contributed by atoms with Gasteiger partial charge < -0.3 is 15.6 Å². The van der Waals surface area contributed by atoms with Crippen LogP contribution in [0.4, 0.5) is 14.5 Å². The second kappa shape index (κ2) is 4.56. The van der Waals surface area contributed by atoms with Crippen LogP contribution in [0.15, 0.2) is 12.1 Å². The number of esters is 1. The number of hydrogen-bond donors (Lipinski definition) is 2. The van der Waals surface area contributed by atoms with Crippen LogP contribution in [0.25, 0.3) is 0 Å². The molecule has 86 valence electrons. The van der Waals surface area contributed by atoms with Crippen molar-refractivity contribution in [2.45, 2.75) is 0 Å². The standard InChI is InChI=1S/C9H7F2NO4/c10-5-2-6(11)7(12)1-4(5)9(15)16-3-8(13)14/h1-2H,3,12H2,(H,13,14). The number of nitrogens with two attached hydrogens (primary N) is 1. The number of carboxylic acid groups (broad SMARTS) is 1. The van der Waals surface area contributed by atoms with Gasteiger partial charge in [-0.05, 0) is 6.07 Å². The van der Waals surface area contributed by atoms with Crippen LogP contribution in [0.1, 0.15) is 10.4 Å². The molecule has 0 saturated carbocycles. The van der Waals surface area contributed by atoms with Crippen LogP contribution in [-0.2, 0) is 9.53 Å². The number of hydrogen-bond acceptors (Lipinski definition) is 4. The molecule has 1 rings (SSSR count). The van der Waals surface area contributed by atoms with Gasteiger partial charge in [0.15, 0.2) is 6.61 Å². The van der Waals surface area contributed by atoms with E-state index >= 15 is 0 Å². The summed E-state index contributed by atoms with van der Waals surface area (Å²) >= 11 is 0. The number of carboxylic acids is 1. The molecule has 0 aliphatic carbocycles. The molecule has 16 heavy (non-hydrogen) atoms. The molecule has 0 bridgehead atoms. The zero-order valence-corrected chi connectivity index (χ0v) is 7.87. The number of carbonyl (C=O) groups is 2. The van der Waals surface area contributed by atoms with Crippen molar-refractivity contribution < 1.29 is 28.2 Å². The van der Waals surface area contributed by atoms with E-state index in [1.54, 1.807) is 0 Å². The molecular formula is C9H7F2NO4. The molecular weight excluding hydrogens is 224 g/mol. The highest BCUT2D eigenvalue weighted by Crippen LogP contribution is 2.17. The van der Waals surface area contributed by atoms with E-state index in [2.05, 4.69) is 4.74 Å². The van der Waals surface area contributed by atoms with E-state index in [4.69, 9.17) is 10.8 Å². The number of aliphatic carboxylic acids is 1. The van der Waals surface area contributed by atoms with Gasteiger partial charge in [0.2, 0.25) is 0 Å². The maximum atomic E-state index is 13.1. The summed E-state index contributed by atoms with van der Waals surface area (Å²) in [5, 5.41) is 8.22. The number of rotatable bonds is 3. The molecule has 0 saturated heterocycles. The van der Waals surface area contributed by atoms with Gasteiger partial charge in [-0.15, -0.1) is 0 Å². The molecule has 0 heterocycles. The fourth-order valence-corrected chi connectivity index (χ4v) is 0.927. The Morgan fingerprint density at radius 1 is 1.31 bits per heavy atom. The first-order chi connectivity index (χ1) is 7.41. The number of ether oxygens (including phenoxy) is 1. The van der Waals surface area contributed by atoms with Crippen molar-refractivity contribution in [2.75, 3.05) is 12.3 Å². The van der Waals surface area contributed by atoms with Crippen molar-refractivity contribution in [1.29, 1.82) is 0 Å². The van der Waals surface area contributed by atoms with Crippen LogP contribution in [0.5, 0.6) is 0 Å². The van der Waals surface area contributed by atoms with E-state index in [0.717, 1.165) is 6.07 Å². The van der Waals surface area contributed by atoms with E-state index in [9.17, 15) is 18.4 Å². The quantitative estimate of drug-likeness (QED) is 0.592. The monoisotopic (exact) mass is 231 g/mol. The van der Waals surface area contributed by atoms with E-state index in [1.165, 1.54) is 0 Å². The Bertz CT molecular complexity index is 447. The molecule has 5 nitrogen and oxygen atoms in total. The second-order valence-electron chi connectivity index (χ2n) is 2.82. The van der Waals surface area contributed by atoms with Crippen molar-refractivity contribution in [2.24, 2.45) is 0 Å².